The van der Waals surface area contributed by atoms with E-state index in [9.17, 15) is 5.11 Å². The van der Waals surface area contributed by atoms with Crippen molar-refractivity contribution in [1.82, 2.24) is 0 Å². The Morgan fingerprint density at radius 2 is 2.06 bits per heavy atom. The fourth-order valence-corrected chi connectivity index (χ4v) is 2.85. The molecule has 0 amide bonds. The molecule has 1 nitrogen and oxygen atoms in total. The number of aliphatic hydroxyl groups excluding tert-OH is 1. The van der Waals surface area contributed by atoms with Crippen molar-refractivity contribution in [2.45, 2.75) is 46.1 Å². The quantitative estimate of drug-likeness (QED) is 0.714. The van der Waals surface area contributed by atoms with E-state index in [-0.39, 0.29) is 6.10 Å². The monoisotopic (exact) mass is 218 g/mol. The highest BCUT2D eigenvalue weighted by Crippen LogP contribution is 2.36. The maximum Gasteiger partial charge on any atom is 0.0795 e. The fraction of sp³-hybridized carbons (Fsp3) is 0.600. The van der Waals surface area contributed by atoms with Crippen molar-refractivity contribution in [3.05, 3.63) is 34.9 Å². The predicted octanol–water partition coefficient (Wildman–Crippen LogP) is 3.64. The number of aliphatic hydroxyl groups is 1. The van der Waals surface area contributed by atoms with Gasteiger partial charge in [-0.05, 0) is 54.7 Å². The van der Waals surface area contributed by atoms with E-state index >= 15 is 0 Å². The molecule has 88 valence electrons. The Bertz CT molecular complexity index is 368. The van der Waals surface area contributed by atoms with Gasteiger partial charge in [0, 0.05) is 0 Å². The summed E-state index contributed by atoms with van der Waals surface area (Å²) in [6, 6.07) is 6.31. The minimum absolute atomic E-state index is 0.259. The highest BCUT2D eigenvalue weighted by Gasteiger charge is 2.25. The van der Waals surface area contributed by atoms with Crippen LogP contribution in [-0.2, 0) is 6.42 Å². The molecule has 16 heavy (non-hydrogen) atoms. The Balaban J connectivity index is 2.32. The summed E-state index contributed by atoms with van der Waals surface area (Å²) in [7, 11) is 0. The average molecular weight is 218 g/mol. The van der Waals surface area contributed by atoms with Gasteiger partial charge in [-0.15, -0.1) is 0 Å². The van der Waals surface area contributed by atoms with Gasteiger partial charge in [-0.1, -0.05) is 32.0 Å². The molecule has 0 bridgehead atoms. The first-order valence-electron chi connectivity index (χ1n) is 6.36. The van der Waals surface area contributed by atoms with E-state index in [0.717, 1.165) is 12.8 Å². The third-order valence-electron chi connectivity index (χ3n) is 4.04. The summed E-state index contributed by atoms with van der Waals surface area (Å²) in [5, 5.41) is 10.3. The maximum atomic E-state index is 10.3. The Hall–Kier alpha value is -0.820. The van der Waals surface area contributed by atoms with Crippen molar-refractivity contribution >= 4 is 0 Å². The van der Waals surface area contributed by atoms with Gasteiger partial charge in [-0.2, -0.15) is 0 Å². The number of benzene rings is 1. The van der Waals surface area contributed by atoms with Crippen molar-refractivity contribution in [3.63, 3.8) is 0 Å². The van der Waals surface area contributed by atoms with E-state index in [1.165, 1.54) is 23.1 Å². The Labute approximate surface area is 98.5 Å². The Kier molecular flexibility index (Phi) is 3.34. The van der Waals surface area contributed by atoms with Gasteiger partial charge in [0.25, 0.3) is 0 Å². The van der Waals surface area contributed by atoms with Gasteiger partial charge in [0.05, 0.1) is 6.10 Å². The number of fused-ring (bicyclic) bond motifs is 1. The van der Waals surface area contributed by atoms with E-state index < -0.39 is 0 Å². The normalized spacial score (nSPS) is 25.3. The molecular weight excluding hydrogens is 196 g/mol. The molecule has 0 spiro atoms. The average Bonchev–Trinajstić information content (AvgIpc) is 2.40. The van der Waals surface area contributed by atoms with Crippen LogP contribution in [0, 0.1) is 18.8 Å². The van der Waals surface area contributed by atoms with Gasteiger partial charge in [-0.3, -0.25) is 0 Å². The zero-order chi connectivity index (χ0) is 11.7. The molecule has 0 fully saturated rings. The molecule has 2 rings (SSSR count). The molecule has 0 aromatic heterocycles. The van der Waals surface area contributed by atoms with Crippen LogP contribution in [0.2, 0.25) is 0 Å². The molecule has 0 heterocycles. The number of rotatable bonds is 1. The molecule has 0 unspecified atom stereocenters. The van der Waals surface area contributed by atoms with Crippen LogP contribution >= 0.6 is 0 Å². The van der Waals surface area contributed by atoms with E-state index in [1.807, 2.05) is 0 Å². The maximum absolute atomic E-state index is 10.3. The third kappa shape index (κ3) is 2.15. The van der Waals surface area contributed by atoms with E-state index in [2.05, 4.69) is 39.0 Å². The van der Waals surface area contributed by atoms with Crippen LogP contribution in [-0.4, -0.2) is 5.11 Å². The molecule has 0 radical (unpaired) electrons. The number of hydrogen-bond donors (Lipinski definition) is 1. The van der Waals surface area contributed by atoms with Gasteiger partial charge in [0.1, 0.15) is 0 Å². The molecule has 2 atom stereocenters. The first-order valence-corrected chi connectivity index (χ1v) is 6.36. The first-order chi connectivity index (χ1) is 7.59. The molecule has 0 saturated heterocycles. The van der Waals surface area contributed by atoms with Gasteiger partial charge >= 0.3 is 0 Å². The van der Waals surface area contributed by atoms with Crippen molar-refractivity contribution in [3.8, 4) is 0 Å². The predicted molar refractivity (Wildman–Crippen MR) is 67.4 cm³/mol. The molecule has 1 aliphatic carbocycles. The number of hydrogen-bond acceptors (Lipinski definition) is 1. The second-order valence-corrected chi connectivity index (χ2v) is 5.44. The summed E-state index contributed by atoms with van der Waals surface area (Å²) >= 11 is 0. The van der Waals surface area contributed by atoms with E-state index in [0.29, 0.717) is 11.8 Å². The SMILES string of the molecule is Cc1cccc2c1CC[C@@H](C(C)C)C[C@@H]2O. The molecule has 0 aliphatic heterocycles. The van der Waals surface area contributed by atoms with Crippen LogP contribution in [0.5, 0.6) is 0 Å². The molecule has 1 aliphatic rings. The highest BCUT2D eigenvalue weighted by molar-refractivity contribution is 5.36. The summed E-state index contributed by atoms with van der Waals surface area (Å²) in [6.07, 6.45) is 3.01. The lowest BCUT2D eigenvalue weighted by Gasteiger charge is -2.20. The molecule has 1 aromatic carbocycles. The van der Waals surface area contributed by atoms with Gasteiger partial charge < -0.3 is 5.11 Å². The Morgan fingerprint density at radius 1 is 1.31 bits per heavy atom. The first kappa shape index (κ1) is 11.7. The summed E-state index contributed by atoms with van der Waals surface area (Å²) in [5.74, 6) is 1.33. The topological polar surface area (TPSA) is 20.2 Å². The summed E-state index contributed by atoms with van der Waals surface area (Å²) in [4.78, 5) is 0. The molecule has 1 heteroatoms. The van der Waals surface area contributed by atoms with E-state index in [1.54, 1.807) is 0 Å². The second kappa shape index (κ2) is 4.58. The lowest BCUT2D eigenvalue weighted by Crippen LogP contribution is -2.11. The van der Waals surface area contributed by atoms with Gasteiger partial charge in [0.2, 0.25) is 0 Å². The van der Waals surface area contributed by atoms with Crippen molar-refractivity contribution in [2.75, 3.05) is 0 Å². The zero-order valence-electron chi connectivity index (χ0n) is 10.5. The molecule has 1 N–H and O–H groups in total. The van der Waals surface area contributed by atoms with Crippen LogP contribution in [0.4, 0.5) is 0 Å². The van der Waals surface area contributed by atoms with Crippen LogP contribution in [0.15, 0.2) is 18.2 Å². The van der Waals surface area contributed by atoms with Crippen molar-refractivity contribution < 1.29 is 5.11 Å². The van der Waals surface area contributed by atoms with Crippen LogP contribution in [0.25, 0.3) is 0 Å². The van der Waals surface area contributed by atoms with Gasteiger partial charge in [-0.25, -0.2) is 0 Å². The third-order valence-corrected chi connectivity index (χ3v) is 4.04. The van der Waals surface area contributed by atoms with Crippen LogP contribution in [0.1, 0.15) is 49.5 Å². The largest absolute Gasteiger partial charge is 0.388 e. The molecule has 0 saturated carbocycles. The van der Waals surface area contributed by atoms with Crippen LogP contribution in [0.3, 0.4) is 0 Å². The minimum atomic E-state index is -0.259. The summed E-state index contributed by atoms with van der Waals surface area (Å²) < 4.78 is 0. The fourth-order valence-electron chi connectivity index (χ4n) is 2.85. The molecular formula is C15H22O. The minimum Gasteiger partial charge on any atom is -0.388 e. The standard InChI is InChI=1S/C15H22O/c1-10(2)12-7-8-13-11(3)5-4-6-14(13)15(16)9-12/h4-6,10,12,15-16H,7-9H2,1-3H3/t12-,15+/m1/s1. The lowest BCUT2D eigenvalue weighted by molar-refractivity contribution is 0.132. The smallest absolute Gasteiger partial charge is 0.0795 e. The summed E-state index contributed by atoms with van der Waals surface area (Å²) in [6.45, 7) is 6.68. The zero-order valence-corrected chi connectivity index (χ0v) is 10.5. The Morgan fingerprint density at radius 3 is 2.75 bits per heavy atom. The van der Waals surface area contributed by atoms with Crippen LogP contribution < -0.4 is 0 Å². The summed E-state index contributed by atoms with van der Waals surface area (Å²) in [5.41, 5.74) is 3.89. The highest BCUT2D eigenvalue weighted by atomic mass is 16.3. The number of aryl methyl sites for hydroxylation is 1. The molecule has 1 aromatic rings. The van der Waals surface area contributed by atoms with Gasteiger partial charge in [0.15, 0.2) is 0 Å². The lowest BCUT2D eigenvalue weighted by atomic mass is 9.88. The van der Waals surface area contributed by atoms with E-state index in [4.69, 9.17) is 0 Å². The second-order valence-electron chi connectivity index (χ2n) is 5.44. The van der Waals surface area contributed by atoms with Crippen molar-refractivity contribution in [2.24, 2.45) is 11.8 Å². The van der Waals surface area contributed by atoms with Crippen molar-refractivity contribution in [1.29, 1.82) is 0 Å².